The number of carboxylic acids is 2. The van der Waals surface area contributed by atoms with Crippen molar-refractivity contribution in [3.63, 3.8) is 0 Å². The van der Waals surface area contributed by atoms with Gasteiger partial charge < -0.3 is 30.3 Å². The molecule has 12 nitrogen and oxygen atoms in total. The van der Waals surface area contributed by atoms with Crippen molar-refractivity contribution in [3.8, 4) is 0 Å². The van der Waals surface area contributed by atoms with Crippen LogP contribution in [0.4, 0.5) is 0 Å². The van der Waals surface area contributed by atoms with Crippen molar-refractivity contribution in [1.82, 2.24) is 10.6 Å². The van der Waals surface area contributed by atoms with Gasteiger partial charge >= 0.3 is 23.9 Å². The van der Waals surface area contributed by atoms with E-state index in [2.05, 4.69) is 24.5 Å². The zero-order chi connectivity index (χ0) is 46.9. The molecule has 364 valence electrons. The number of carboxylic acid groups (broad SMARTS) is 2. The van der Waals surface area contributed by atoms with Gasteiger partial charge in [0.25, 0.3) is 5.91 Å². The summed E-state index contributed by atoms with van der Waals surface area (Å²) in [5.41, 5.74) is 0.889. The van der Waals surface area contributed by atoms with E-state index in [1.807, 2.05) is 0 Å². The molecule has 0 bridgehead atoms. The summed E-state index contributed by atoms with van der Waals surface area (Å²) in [5.74, 6) is -3.80. The highest BCUT2D eigenvalue weighted by Gasteiger charge is 2.22. The second-order valence-corrected chi connectivity index (χ2v) is 18.1. The van der Waals surface area contributed by atoms with Crippen LogP contribution in [0.2, 0.25) is 0 Å². The van der Waals surface area contributed by atoms with Gasteiger partial charge in [-0.15, -0.1) is 11.8 Å². The number of ether oxygens (including phenoxy) is 2. The molecule has 0 saturated carbocycles. The van der Waals surface area contributed by atoms with Crippen LogP contribution in [0.1, 0.15) is 222 Å². The smallest absolute Gasteiger partial charge is 0.326 e. The summed E-state index contributed by atoms with van der Waals surface area (Å²) < 4.78 is 11.3. The molecule has 13 heteroatoms. The van der Waals surface area contributed by atoms with Crippen molar-refractivity contribution in [2.75, 3.05) is 12.4 Å². The first kappa shape index (κ1) is 58.1. The summed E-state index contributed by atoms with van der Waals surface area (Å²) in [5, 5.41) is 24.9. The van der Waals surface area contributed by atoms with Crippen molar-refractivity contribution < 1.29 is 48.5 Å². The van der Waals surface area contributed by atoms with Crippen LogP contribution in [0.5, 0.6) is 0 Å². The SMILES string of the molecule is CCCCCCCCCCCCCCCC(=O)OC[C@H](CS/C=C/C(=O)NCc1ccc(C(=O)N[C@@H](CCC(=O)O)C(=O)O)cc1)OC(=O)CCCCCCCCCCCCCCC. The van der Waals surface area contributed by atoms with E-state index in [1.165, 1.54) is 158 Å². The molecule has 0 unspecified atom stereocenters. The van der Waals surface area contributed by atoms with E-state index in [9.17, 15) is 33.9 Å². The number of esters is 2. The number of hydrogen-bond donors (Lipinski definition) is 4. The van der Waals surface area contributed by atoms with Crippen LogP contribution < -0.4 is 10.6 Å². The molecular weight excluding hydrogens is 833 g/mol. The molecule has 1 aromatic carbocycles. The lowest BCUT2D eigenvalue weighted by Crippen LogP contribution is -2.41. The third-order valence-electron chi connectivity index (χ3n) is 11.2. The van der Waals surface area contributed by atoms with Gasteiger partial charge in [-0.05, 0) is 42.4 Å². The molecule has 0 aliphatic carbocycles. The fourth-order valence-corrected chi connectivity index (χ4v) is 7.96. The maximum absolute atomic E-state index is 12.8. The van der Waals surface area contributed by atoms with Gasteiger partial charge in [-0.2, -0.15) is 0 Å². The maximum atomic E-state index is 12.8. The van der Waals surface area contributed by atoms with Crippen LogP contribution in [0.3, 0.4) is 0 Å². The van der Waals surface area contributed by atoms with Crippen LogP contribution in [0, 0.1) is 0 Å². The molecule has 2 atom stereocenters. The Balaban J connectivity index is 2.50. The molecular formula is C51H84N2O10S. The van der Waals surface area contributed by atoms with Crippen LogP contribution in [-0.4, -0.2) is 70.4 Å². The molecule has 0 fully saturated rings. The lowest BCUT2D eigenvalue weighted by atomic mass is 10.0. The van der Waals surface area contributed by atoms with Gasteiger partial charge in [0, 0.05) is 43.2 Å². The van der Waals surface area contributed by atoms with E-state index in [0.29, 0.717) is 24.2 Å². The molecule has 0 aromatic heterocycles. The molecule has 0 heterocycles. The normalized spacial score (nSPS) is 12.2. The Morgan fingerprint density at radius 3 is 1.52 bits per heavy atom. The summed E-state index contributed by atoms with van der Waals surface area (Å²) in [6.45, 7) is 4.62. The molecule has 0 aliphatic rings. The Morgan fingerprint density at radius 1 is 0.609 bits per heavy atom. The Morgan fingerprint density at radius 2 is 1.06 bits per heavy atom. The highest BCUT2D eigenvalue weighted by Crippen LogP contribution is 2.17. The molecule has 1 aromatic rings. The summed E-state index contributed by atoms with van der Waals surface area (Å²) >= 11 is 1.28. The largest absolute Gasteiger partial charge is 0.481 e. The number of carbonyl (C=O) groups excluding carboxylic acids is 4. The molecule has 4 N–H and O–H groups in total. The first-order chi connectivity index (χ1) is 31.0. The van der Waals surface area contributed by atoms with Gasteiger partial charge in [-0.1, -0.05) is 180 Å². The maximum Gasteiger partial charge on any atom is 0.326 e. The van der Waals surface area contributed by atoms with Crippen LogP contribution in [0.15, 0.2) is 35.7 Å². The number of rotatable bonds is 43. The van der Waals surface area contributed by atoms with E-state index in [1.54, 1.807) is 17.5 Å². The molecule has 2 amide bonds. The minimum Gasteiger partial charge on any atom is -0.481 e. The minimum absolute atomic E-state index is 0.0397. The van der Waals surface area contributed by atoms with Gasteiger partial charge in [-0.3, -0.25) is 24.0 Å². The second kappa shape index (κ2) is 40.6. The number of benzene rings is 1. The van der Waals surface area contributed by atoms with Gasteiger partial charge in [0.15, 0.2) is 0 Å². The van der Waals surface area contributed by atoms with Crippen molar-refractivity contribution in [2.24, 2.45) is 0 Å². The van der Waals surface area contributed by atoms with E-state index >= 15 is 0 Å². The van der Waals surface area contributed by atoms with Crippen molar-refractivity contribution in [3.05, 3.63) is 46.9 Å². The average Bonchev–Trinajstić information content (AvgIpc) is 3.27. The monoisotopic (exact) mass is 917 g/mol. The third kappa shape index (κ3) is 34.5. The number of nitrogens with one attached hydrogen (secondary N) is 2. The Labute approximate surface area is 389 Å². The van der Waals surface area contributed by atoms with Crippen LogP contribution in [0.25, 0.3) is 0 Å². The number of hydrogen-bond acceptors (Lipinski definition) is 9. The van der Waals surface area contributed by atoms with E-state index in [-0.39, 0.29) is 43.0 Å². The van der Waals surface area contributed by atoms with E-state index in [4.69, 9.17) is 14.6 Å². The topological polar surface area (TPSA) is 185 Å². The molecule has 0 saturated heterocycles. The van der Waals surface area contributed by atoms with Crippen molar-refractivity contribution >= 4 is 47.5 Å². The van der Waals surface area contributed by atoms with E-state index in [0.717, 1.165) is 38.5 Å². The fourth-order valence-electron chi connectivity index (χ4n) is 7.25. The predicted molar refractivity (Wildman–Crippen MR) is 257 cm³/mol. The first-order valence-corrected chi connectivity index (χ1v) is 25.9. The average molecular weight is 917 g/mol. The number of carbonyl (C=O) groups is 6. The molecule has 64 heavy (non-hydrogen) atoms. The Bertz CT molecular complexity index is 1440. The quantitative estimate of drug-likeness (QED) is 0.0277. The number of amides is 2. The summed E-state index contributed by atoms with van der Waals surface area (Å²) in [6, 6.07) is 4.89. The Kier molecular flexibility index (Phi) is 36.9. The molecule has 0 aliphatic heterocycles. The lowest BCUT2D eigenvalue weighted by molar-refractivity contribution is -0.157. The van der Waals surface area contributed by atoms with Crippen molar-refractivity contribution in [2.45, 2.75) is 225 Å². The minimum atomic E-state index is -1.34. The number of unbranched alkanes of at least 4 members (excludes halogenated alkanes) is 24. The molecule has 0 spiro atoms. The first-order valence-electron chi connectivity index (χ1n) is 24.8. The standard InChI is InChI=1S/C51H84N2O10S/c1-3-5-7-9-11-13-15-17-19-21-23-25-27-29-48(57)62-40-44(63-49(58)30-28-26-24-22-20-18-16-14-12-10-8-6-4-2)41-64-38-37-46(54)52-39-42-31-33-43(34-32-42)50(59)53-45(51(60)61)35-36-47(55)56/h31-34,37-38,44-45H,3-30,35-36,39-41H2,1-2H3,(H,52,54)(H,53,59)(H,55,56)(H,60,61)/b38-37+/t44-,45+/m1/s1. The van der Waals surface area contributed by atoms with E-state index < -0.39 is 36.4 Å². The van der Waals surface area contributed by atoms with Gasteiger partial charge in [-0.25, -0.2) is 4.79 Å². The highest BCUT2D eigenvalue weighted by molar-refractivity contribution is 8.02. The number of thioether (sulfide) groups is 1. The molecule has 1 rings (SSSR count). The fraction of sp³-hybridized carbons (Fsp3) is 0.725. The van der Waals surface area contributed by atoms with Gasteiger partial charge in [0.2, 0.25) is 5.91 Å². The zero-order valence-corrected chi connectivity index (χ0v) is 40.3. The number of aliphatic carboxylic acids is 2. The third-order valence-corrected chi connectivity index (χ3v) is 12.1. The predicted octanol–water partition coefficient (Wildman–Crippen LogP) is 12.0. The lowest BCUT2D eigenvalue weighted by Gasteiger charge is -2.17. The zero-order valence-electron chi connectivity index (χ0n) is 39.5. The van der Waals surface area contributed by atoms with Crippen molar-refractivity contribution in [1.29, 1.82) is 0 Å². The van der Waals surface area contributed by atoms with Crippen LogP contribution in [-0.2, 0) is 40.0 Å². The summed E-state index contributed by atoms with van der Waals surface area (Å²) in [4.78, 5) is 72.8. The molecule has 0 radical (unpaired) electrons. The van der Waals surface area contributed by atoms with Crippen LogP contribution >= 0.6 is 11.8 Å². The van der Waals surface area contributed by atoms with Gasteiger partial charge in [0.1, 0.15) is 18.8 Å². The highest BCUT2D eigenvalue weighted by atomic mass is 32.2. The summed E-state index contributed by atoms with van der Waals surface area (Å²) in [7, 11) is 0. The Hall–Kier alpha value is -3.87. The second-order valence-electron chi connectivity index (χ2n) is 17.1. The summed E-state index contributed by atoms with van der Waals surface area (Å²) in [6.07, 6.45) is 32.5. The van der Waals surface area contributed by atoms with Gasteiger partial charge in [0.05, 0.1) is 0 Å².